The molecule has 0 aliphatic rings. The number of hydrogen-bond acceptors (Lipinski definition) is 6. The number of nitrogens with one attached hydrogen (secondary N) is 1. The number of ether oxygens (including phenoxy) is 1. The van der Waals surface area contributed by atoms with Gasteiger partial charge in [0.2, 0.25) is 0 Å². The first-order valence-corrected chi connectivity index (χ1v) is 6.92. The van der Waals surface area contributed by atoms with Crippen LogP contribution < -0.4 is 5.32 Å². The highest BCUT2D eigenvalue weighted by Crippen LogP contribution is 2.15. The summed E-state index contributed by atoms with van der Waals surface area (Å²) in [6.45, 7) is 3.02. The number of carbonyl (C=O) groups is 2. The summed E-state index contributed by atoms with van der Waals surface area (Å²) in [5, 5.41) is 6.71. The summed E-state index contributed by atoms with van der Waals surface area (Å²) in [7, 11) is 0. The number of pyridine rings is 1. The number of halogens is 1. The van der Waals surface area contributed by atoms with Crippen LogP contribution in [0, 0.1) is 6.92 Å². The molecule has 0 saturated carbocycles. The van der Waals surface area contributed by atoms with Crippen LogP contribution in [0.2, 0.25) is 5.02 Å². The van der Waals surface area contributed by atoms with Crippen molar-refractivity contribution < 1.29 is 18.8 Å². The third-order valence-electron chi connectivity index (χ3n) is 2.80. The summed E-state index contributed by atoms with van der Waals surface area (Å²) in [6.07, 6.45) is 1.93. The second-order valence-corrected chi connectivity index (χ2v) is 4.84. The van der Waals surface area contributed by atoms with E-state index in [0.717, 1.165) is 0 Å². The fraction of sp³-hybridized carbons (Fsp3) is 0.286. The number of aryl methyl sites for hydroxylation is 2. The minimum absolute atomic E-state index is 0.264. The van der Waals surface area contributed by atoms with Crippen molar-refractivity contribution in [2.45, 2.75) is 20.3 Å². The quantitative estimate of drug-likeness (QED) is 0.849. The average molecular weight is 324 g/mol. The van der Waals surface area contributed by atoms with E-state index in [1.54, 1.807) is 19.1 Å². The number of nitrogens with zero attached hydrogens (tertiary/aromatic N) is 2. The van der Waals surface area contributed by atoms with Crippen LogP contribution in [-0.4, -0.2) is 28.6 Å². The highest BCUT2D eigenvalue weighted by atomic mass is 35.5. The number of anilines is 1. The van der Waals surface area contributed by atoms with Crippen molar-refractivity contribution in [2.24, 2.45) is 0 Å². The molecule has 7 nitrogen and oxygen atoms in total. The molecular formula is C14H14ClN3O4. The minimum Gasteiger partial charge on any atom is -0.452 e. The monoisotopic (exact) mass is 323 g/mol. The van der Waals surface area contributed by atoms with Gasteiger partial charge in [-0.25, -0.2) is 9.78 Å². The molecule has 0 aliphatic carbocycles. The van der Waals surface area contributed by atoms with E-state index < -0.39 is 18.5 Å². The molecule has 0 aliphatic heterocycles. The van der Waals surface area contributed by atoms with E-state index in [2.05, 4.69) is 15.5 Å². The van der Waals surface area contributed by atoms with Gasteiger partial charge >= 0.3 is 5.97 Å². The van der Waals surface area contributed by atoms with Crippen LogP contribution in [0.25, 0.3) is 0 Å². The Morgan fingerprint density at radius 1 is 1.41 bits per heavy atom. The molecule has 0 saturated heterocycles. The number of hydrogen-bond donors (Lipinski definition) is 1. The summed E-state index contributed by atoms with van der Waals surface area (Å²) < 4.78 is 9.91. The standard InChI is InChI=1S/C14H14ClN3O4/c1-3-10-13(8(2)22-18-10)14(20)21-7-12(19)17-11-5-4-9(15)6-16-11/h4-6H,3,7H2,1-2H3,(H,16,17,19). The summed E-state index contributed by atoms with van der Waals surface area (Å²) >= 11 is 5.69. The SMILES string of the molecule is CCc1noc(C)c1C(=O)OCC(=O)Nc1ccc(Cl)cn1. The van der Waals surface area contributed by atoms with Gasteiger partial charge in [-0.15, -0.1) is 0 Å². The molecule has 0 unspecified atom stereocenters. The highest BCUT2D eigenvalue weighted by Gasteiger charge is 2.21. The van der Waals surface area contributed by atoms with Crippen molar-refractivity contribution in [3.8, 4) is 0 Å². The van der Waals surface area contributed by atoms with Crippen molar-refractivity contribution in [1.82, 2.24) is 10.1 Å². The normalized spacial score (nSPS) is 10.3. The van der Waals surface area contributed by atoms with Gasteiger partial charge in [-0.3, -0.25) is 4.79 Å². The largest absolute Gasteiger partial charge is 0.452 e. The molecule has 116 valence electrons. The molecule has 2 aromatic rings. The van der Waals surface area contributed by atoms with Gasteiger partial charge in [0, 0.05) is 6.20 Å². The fourth-order valence-electron chi connectivity index (χ4n) is 1.75. The maximum atomic E-state index is 12.0. The maximum Gasteiger partial charge on any atom is 0.344 e. The first kappa shape index (κ1) is 16.0. The van der Waals surface area contributed by atoms with Crippen LogP contribution >= 0.6 is 11.6 Å². The van der Waals surface area contributed by atoms with Crippen molar-refractivity contribution >= 4 is 29.3 Å². The lowest BCUT2D eigenvalue weighted by Crippen LogP contribution is -2.22. The molecule has 0 bridgehead atoms. The molecule has 2 rings (SSSR count). The molecule has 0 fully saturated rings. The average Bonchev–Trinajstić information content (AvgIpc) is 2.88. The molecule has 2 heterocycles. The predicted molar refractivity (Wildman–Crippen MR) is 78.8 cm³/mol. The Balaban J connectivity index is 1.92. The zero-order valence-electron chi connectivity index (χ0n) is 12.1. The van der Waals surface area contributed by atoms with Crippen LogP contribution in [0.5, 0.6) is 0 Å². The molecule has 22 heavy (non-hydrogen) atoms. The zero-order valence-corrected chi connectivity index (χ0v) is 12.8. The van der Waals surface area contributed by atoms with Gasteiger partial charge in [-0.05, 0) is 25.5 Å². The Labute approximate surface area is 131 Å². The number of amides is 1. The zero-order chi connectivity index (χ0) is 16.1. The Hall–Kier alpha value is -2.41. The molecule has 0 atom stereocenters. The maximum absolute atomic E-state index is 12.0. The van der Waals surface area contributed by atoms with E-state index in [1.165, 1.54) is 6.20 Å². The van der Waals surface area contributed by atoms with Gasteiger partial charge in [-0.1, -0.05) is 23.7 Å². The van der Waals surface area contributed by atoms with Crippen molar-refractivity contribution in [3.05, 3.63) is 40.4 Å². The third-order valence-corrected chi connectivity index (χ3v) is 3.03. The van der Waals surface area contributed by atoms with Crippen molar-refractivity contribution in [3.63, 3.8) is 0 Å². The van der Waals surface area contributed by atoms with Crippen molar-refractivity contribution in [1.29, 1.82) is 0 Å². The second kappa shape index (κ2) is 7.04. The molecule has 1 amide bonds. The lowest BCUT2D eigenvalue weighted by molar-refractivity contribution is -0.119. The molecule has 8 heteroatoms. The lowest BCUT2D eigenvalue weighted by atomic mass is 10.1. The predicted octanol–water partition coefficient (Wildman–Crippen LogP) is 2.39. The summed E-state index contributed by atoms with van der Waals surface area (Å²) in [6, 6.07) is 3.13. The molecule has 0 aromatic carbocycles. The molecular weight excluding hydrogens is 310 g/mol. The van der Waals surface area contributed by atoms with E-state index in [4.69, 9.17) is 20.9 Å². The van der Waals surface area contributed by atoms with Gasteiger partial charge in [0.05, 0.1) is 10.7 Å². The van der Waals surface area contributed by atoms with E-state index in [-0.39, 0.29) is 5.56 Å². The summed E-state index contributed by atoms with van der Waals surface area (Å²) in [4.78, 5) is 27.6. The summed E-state index contributed by atoms with van der Waals surface area (Å²) in [5.74, 6) is -0.465. The first-order chi connectivity index (χ1) is 10.5. The number of rotatable bonds is 5. The van der Waals surface area contributed by atoms with Gasteiger partial charge in [0.25, 0.3) is 5.91 Å². The number of esters is 1. The van der Waals surface area contributed by atoms with Gasteiger partial charge < -0.3 is 14.6 Å². The molecule has 2 aromatic heterocycles. The minimum atomic E-state index is -0.644. The van der Waals surface area contributed by atoms with Gasteiger partial charge in [0.1, 0.15) is 17.1 Å². The van der Waals surface area contributed by atoms with Crippen LogP contribution in [0.15, 0.2) is 22.9 Å². The Kier molecular flexibility index (Phi) is 5.11. The lowest BCUT2D eigenvalue weighted by Gasteiger charge is -2.06. The van der Waals surface area contributed by atoms with Gasteiger partial charge in [0.15, 0.2) is 6.61 Å². The van der Waals surface area contributed by atoms with E-state index in [9.17, 15) is 9.59 Å². The molecule has 0 spiro atoms. The first-order valence-electron chi connectivity index (χ1n) is 6.55. The van der Waals surface area contributed by atoms with Crippen LogP contribution in [0.3, 0.4) is 0 Å². The number of aromatic nitrogens is 2. The van der Waals surface area contributed by atoms with E-state index in [1.807, 2.05) is 6.92 Å². The Morgan fingerprint density at radius 3 is 2.82 bits per heavy atom. The van der Waals surface area contributed by atoms with Crippen molar-refractivity contribution in [2.75, 3.05) is 11.9 Å². The van der Waals surface area contributed by atoms with E-state index in [0.29, 0.717) is 28.7 Å². The number of carbonyl (C=O) groups excluding carboxylic acids is 2. The van der Waals surface area contributed by atoms with Gasteiger partial charge in [-0.2, -0.15) is 0 Å². The van der Waals surface area contributed by atoms with Crippen LogP contribution in [-0.2, 0) is 16.0 Å². The Bertz CT molecular complexity index is 682. The van der Waals surface area contributed by atoms with Crippen LogP contribution in [0.1, 0.15) is 28.7 Å². The van der Waals surface area contributed by atoms with Crippen LogP contribution in [0.4, 0.5) is 5.82 Å². The fourth-order valence-corrected chi connectivity index (χ4v) is 1.86. The Morgan fingerprint density at radius 2 is 2.18 bits per heavy atom. The smallest absolute Gasteiger partial charge is 0.344 e. The highest BCUT2D eigenvalue weighted by molar-refractivity contribution is 6.30. The second-order valence-electron chi connectivity index (χ2n) is 4.40. The third kappa shape index (κ3) is 3.82. The summed E-state index contributed by atoms with van der Waals surface area (Å²) in [5.41, 5.74) is 0.766. The molecule has 0 radical (unpaired) electrons. The van der Waals surface area contributed by atoms with E-state index >= 15 is 0 Å². The topological polar surface area (TPSA) is 94.3 Å². The molecule has 1 N–H and O–H groups in total.